The van der Waals surface area contributed by atoms with Gasteiger partial charge in [0.05, 0.1) is 0 Å². The number of rotatable bonds is 59. The molecular formula is C72H122O6. The first-order chi connectivity index (χ1) is 38.5. The Kier molecular flexibility index (Phi) is 62.3. The Bertz CT molecular complexity index is 1570. The molecule has 0 fully saturated rings. The van der Waals surface area contributed by atoms with Crippen LogP contribution in [0.3, 0.4) is 0 Å². The number of hydrogen-bond acceptors (Lipinski definition) is 6. The average Bonchev–Trinajstić information content (AvgIpc) is 3.44. The molecule has 0 bridgehead atoms. The van der Waals surface area contributed by atoms with Crippen LogP contribution >= 0.6 is 0 Å². The number of hydrogen-bond donors (Lipinski definition) is 0. The summed E-state index contributed by atoms with van der Waals surface area (Å²) in [5, 5.41) is 0. The largest absolute Gasteiger partial charge is 0.462 e. The van der Waals surface area contributed by atoms with E-state index in [4.69, 9.17) is 14.2 Å². The second-order valence-electron chi connectivity index (χ2n) is 21.6. The fourth-order valence-electron chi connectivity index (χ4n) is 9.11. The molecule has 0 aliphatic carbocycles. The highest BCUT2D eigenvalue weighted by molar-refractivity contribution is 5.71. The van der Waals surface area contributed by atoms with Crippen LogP contribution in [0.4, 0.5) is 0 Å². The van der Waals surface area contributed by atoms with Crippen molar-refractivity contribution in [3.8, 4) is 0 Å². The summed E-state index contributed by atoms with van der Waals surface area (Å²) in [4.78, 5) is 38.2. The SMILES string of the molecule is CC/C=C\C/C=C\C/C=C\C/C=C\C/C=C\C/C=C\C/C=C\C/C=C\CCCCCCC(=O)OCC(COC(=O)CCCCCCC/C=C\CCC)OC(=O)CCCCCCCCCCCCCCCCCCCCCCC. The second kappa shape index (κ2) is 65.6. The van der Waals surface area contributed by atoms with Gasteiger partial charge in [0.1, 0.15) is 13.2 Å². The Morgan fingerprint density at radius 1 is 0.269 bits per heavy atom. The summed E-state index contributed by atoms with van der Waals surface area (Å²) in [6.45, 7) is 6.46. The van der Waals surface area contributed by atoms with Crippen LogP contribution < -0.4 is 0 Å². The van der Waals surface area contributed by atoms with Crippen LogP contribution in [0.1, 0.15) is 310 Å². The highest BCUT2D eigenvalue weighted by Gasteiger charge is 2.19. The summed E-state index contributed by atoms with van der Waals surface area (Å²) < 4.78 is 16.9. The van der Waals surface area contributed by atoms with E-state index in [0.717, 1.165) is 141 Å². The predicted molar refractivity (Wildman–Crippen MR) is 339 cm³/mol. The van der Waals surface area contributed by atoms with Crippen molar-refractivity contribution in [2.24, 2.45) is 0 Å². The fraction of sp³-hybridized carbons (Fsp3) is 0.708. The zero-order valence-corrected chi connectivity index (χ0v) is 51.2. The lowest BCUT2D eigenvalue weighted by Gasteiger charge is -2.18. The van der Waals surface area contributed by atoms with Gasteiger partial charge in [-0.05, 0) is 103 Å². The molecule has 0 aromatic rings. The van der Waals surface area contributed by atoms with Crippen LogP contribution in [0.15, 0.2) is 109 Å². The van der Waals surface area contributed by atoms with E-state index in [-0.39, 0.29) is 31.1 Å². The quantitative estimate of drug-likeness (QED) is 0.0261. The minimum atomic E-state index is -0.792. The monoisotopic (exact) mass is 1080 g/mol. The normalized spacial score (nSPS) is 12.8. The summed E-state index contributed by atoms with van der Waals surface area (Å²) >= 11 is 0. The van der Waals surface area contributed by atoms with Crippen molar-refractivity contribution in [3.05, 3.63) is 109 Å². The number of ether oxygens (including phenoxy) is 3. The molecule has 0 aliphatic heterocycles. The van der Waals surface area contributed by atoms with Crippen molar-refractivity contribution in [2.75, 3.05) is 13.2 Å². The molecule has 0 saturated carbocycles. The molecule has 0 N–H and O–H groups in total. The van der Waals surface area contributed by atoms with Gasteiger partial charge in [-0.2, -0.15) is 0 Å². The maximum atomic E-state index is 12.9. The lowest BCUT2D eigenvalue weighted by molar-refractivity contribution is -0.167. The first kappa shape index (κ1) is 74.1. The Labute approximate surface area is 482 Å². The summed E-state index contributed by atoms with van der Waals surface area (Å²) in [6, 6.07) is 0. The zero-order valence-electron chi connectivity index (χ0n) is 51.2. The van der Waals surface area contributed by atoms with Gasteiger partial charge in [0, 0.05) is 19.3 Å². The van der Waals surface area contributed by atoms with Crippen LogP contribution in [0.2, 0.25) is 0 Å². The maximum absolute atomic E-state index is 12.9. The van der Waals surface area contributed by atoms with Gasteiger partial charge in [0.25, 0.3) is 0 Å². The highest BCUT2D eigenvalue weighted by atomic mass is 16.6. The minimum absolute atomic E-state index is 0.0892. The molecule has 446 valence electrons. The Hall–Kier alpha value is -3.93. The molecule has 0 aliphatic rings. The van der Waals surface area contributed by atoms with Gasteiger partial charge >= 0.3 is 17.9 Å². The van der Waals surface area contributed by atoms with Crippen LogP contribution in [0.5, 0.6) is 0 Å². The van der Waals surface area contributed by atoms with Gasteiger partial charge in [0.15, 0.2) is 6.10 Å². The van der Waals surface area contributed by atoms with Gasteiger partial charge in [-0.3, -0.25) is 14.4 Å². The number of esters is 3. The summed E-state index contributed by atoms with van der Waals surface area (Å²) in [5.74, 6) is -0.916. The van der Waals surface area contributed by atoms with Gasteiger partial charge in [-0.25, -0.2) is 0 Å². The van der Waals surface area contributed by atoms with E-state index in [1.54, 1.807) is 0 Å². The summed E-state index contributed by atoms with van der Waals surface area (Å²) in [6.07, 6.45) is 89.7. The summed E-state index contributed by atoms with van der Waals surface area (Å²) in [7, 11) is 0. The number of carbonyl (C=O) groups excluding carboxylic acids is 3. The Morgan fingerprint density at radius 2 is 0.526 bits per heavy atom. The zero-order chi connectivity index (χ0) is 56.4. The molecule has 0 radical (unpaired) electrons. The van der Waals surface area contributed by atoms with Crippen molar-refractivity contribution < 1.29 is 28.6 Å². The third-order valence-electron chi connectivity index (χ3n) is 14.0. The number of allylic oxidation sites excluding steroid dienone is 18. The van der Waals surface area contributed by atoms with Gasteiger partial charge in [-0.1, -0.05) is 297 Å². The maximum Gasteiger partial charge on any atom is 0.306 e. The van der Waals surface area contributed by atoms with Gasteiger partial charge < -0.3 is 14.2 Å². The molecule has 1 unspecified atom stereocenters. The molecule has 1 atom stereocenters. The fourth-order valence-corrected chi connectivity index (χ4v) is 9.11. The van der Waals surface area contributed by atoms with Gasteiger partial charge in [-0.15, -0.1) is 0 Å². The molecular weight excluding hydrogens is 961 g/mol. The second-order valence-corrected chi connectivity index (χ2v) is 21.6. The van der Waals surface area contributed by atoms with Crippen LogP contribution in [-0.2, 0) is 28.6 Å². The summed E-state index contributed by atoms with van der Waals surface area (Å²) in [5.41, 5.74) is 0. The molecule has 0 spiro atoms. The van der Waals surface area contributed by atoms with Crippen molar-refractivity contribution in [1.29, 1.82) is 0 Å². The average molecular weight is 1080 g/mol. The van der Waals surface area contributed by atoms with E-state index < -0.39 is 6.10 Å². The van der Waals surface area contributed by atoms with E-state index in [2.05, 4.69) is 130 Å². The number of carbonyl (C=O) groups is 3. The third kappa shape index (κ3) is 62.9. The highest BCUT2D eigenvalue weighted by Crippen LogP contribution is 2.17. The first-order valence-electron chi connectivity index (χ1n) is 32.9. The van der Waals surface area contributed by atoms with Gasteiger partial charge in [0.2, 0.25) is 0 Å². The van der Waals surface area contributed by atoms with E-state index in [0.29, 0.717) is 19.3 Å². The third-order valence-corrected chi connectivity index (χ3v) is 14.0. The van der Waals surface area contributed by atoms with E-state index >= 15 is 0 Å². The molecule has 0 saturated heterocycles. The van der Waals surface area contributed by atoms with Crippen LogP contribution in [0, 0.1) is 0 Å². The molecule has 78 heavy (non-hydrogen) atoms. The molecule has 0 amide bonds. The number of unbranched alkanes of at least 4 members (excludes halogenated alkanes) is 30. The van der Waals surface area contributed by atoms with E-state index in [9.17, 15) is 14.4 Å². The lowest BCUT2D eigenvalue weighted by atomic mass is 10.0. The first-order valence-corrected chi connectivity index (χ1v) is 32.9. The Balaban J connectivity index is 4.30. The standard InChI is InChI=1S/C72H122O6/c1-4-7-10-13-16-19-22-24-26-28-30-32-33-34-35-36-37-38-39-41-42-44-46-48-50-53-56-59-62-65-71(74)77-68-69(67-76-70(73)64-61-58-55-52-21-18-15-12-9-6-3)78-72(75)66-63-60-57-54-51-49-47-45-43-40-31-29-27-25-23-20-17-14-11-8-5-2/h7,10,12,15-16,19,24,26,30,32,34-35,37-38,41-42,46,48,69H,4-6,8-9,11,13-14,17-18,20-23,25,27-29,31,33,36,39-40,43-45,47,49-68H2,1-3H3/b10-7-,15-12-,19-16-,26-24-,32-30-,35-34-,38-37-,42-41-,48-46-. The van der Waals surface area contributed by atoms with Crippen molar-refractivity contribution in [3.63, 3.8) is 0 Å². The molecule has 6 heteroatoms. The Morgan fingerprint density at radius 3 is 0.846 bits per heavy atom. The van der Waals surface area contributed by atoms with Crippen LogP contribution in [0.25, 0.3) is 0 Å². The smallest absolute Gasteiger partial charge is 0.306 e. The molecule has 0 rings (SSSR count). The van der Waals surface area contributed by atoms with Crippen molar-refractivity contribution in [1.82, 2.24) is 0 Å². The van der Waals surface area contributed by atoms with Crippen molar-refractivity contribution in [2.45, 2.75) is 316 Å². The minimum Gasteiger partial charge on any atom is -0.462 e. The molecule has 0 aromatic carbocycles. The molecule has 6 nitrogen and oxygen atoms in total. The van der Waals surface area contributed by atoms with E-state index in [1.165, 1.54) is 128 Å². The predicted octanol–water partition coefficient (Wildman–Crippen LogP) is 22.6. The lowest BCUT2D eigenvalue weighted by Crippen LogP contribution is -2.30. The molecule has 0 heterocycles. The van der Waals surface area contributed by atoms with Crippen LogP contribution in [-0.4, -0.2) is 37.2 Å². The topological polar surface area (TPSA) is 78.9 Å². The molecule has 0 aromatic heterocycles. The van der Waals surface area contributed by atoms with Crippen molar-refractivity contribution >= 4 is 17.9 Å². The van der Waals surface area contributed by atoms with E-state index in [1.807, 2.05) is 0 Å².